The number of rotatable bonds is 7. The Kier molecular flexibility index (Phi) is 7.90. The Morgan fingerprint density at radius 3 is 2.16 bits per heavy atom. The normalized spacial score (nSPS) is 22.1. The van der Waals surface area contributed by atoms with E-state index in [1.54, 1.807) is 7.11 Å². The van der Waals surface area contributed by atoms with Crippen LogP contribution >= 0.6 is 11.6 Å². The lowest BCUT2D eigenvalue weighted by atomic mass is 9.87. The van der Waals surface area contributed by atoms with Crippen molar-refractivity contribution in [1.82, 2.24) is 15.0 Å². The third kappa shape index (κ3) is 6.37. The van der Waals surface area contributed by atoms with Gasteiger partial charge < -0.3 is 20.7 Å². The molecule has 2 aliphatic rings. The Balaban J connectivity index is 1.55. The summed E-state index contributed by atoms with van der Waals surface area (Å²) in [5, 5.41) is 11.0. The first-order chi connectivity index (χ1) is 15.6. The molecular weight excluding hydrogens is 424 g/mol. The highest BCUT2D eigenvalue weighted by molar-refractivity contribution is 6.32. The van der Waals surface area contributed by atoms with Gasteiger partial charge in [-0.2, -0.15) is 15.0 Å². The number of benzene rings is 1. The zero-order valence-electron chi connectivity index (χ0n) is 19.2. The predicted molar refractivity (Wildman–Crippen MR) is 131 cm³/mol. The monoisotopic (exact) mass is 458 g/mol. The second-order valence-corrected chi connectivity index (χ2v) is 9.63. The van der Waals surface area contributed by atoms with Crippen LogP contribution in [0.5, 0.6) is 5.75 Å². The van der Waals surface area contributed by atoms with Crippen LogP contribution < -0.4 is 20.7 Å². The van der Waals surface area contributed by atoms with E-state index >= 15 is 0 Å². The Morgan fingerprint density at radius 1 is 0.844 bits per heavy atom. The fourth-order valence-electron chi connectivity index (χ4n) is 4.79. The molecule has 8 heteroatoms. The molecule has 2 aliphatic carbocycles. The van der Waals surface area contributed by atoms with Gasteiger partial charge in [0.2, 0.25) is 17.8 Å². The molecule has 2 fully saturated rings. The van der Waals surface area contributed by atoms with Gasteiger partial charge in [0.05, 0.1) is 12.1 Å². The van der Waals surface area contributed by atoms with Crippen LogP contribution in [-0.4, -0.2) is 34.1 Å². The Hall–Kier alpha value is -2.28. The van der Waals surface area contributed by atoms with E-state index in [0.717, 1.165) is 37.3 Å². The van der Waals surface area contributed by atoms with Crippen molar-refractivity contribution in [1.29, 1.82) is 0 Å². The molecule has 1 aromatic heterocycles. The molecule has 7 nitrogen and oxygen atoms in total. The largest absolute Gasteiger partial charge is 0.495 e. The Bertz CT molecular complexity index is 865. The summed E-state index contributed by atoms with van der Waals surface area (Å²) in [6.45, 7) is 2.32. The van der Waals surface area contributed by atoms with Crippen molar-refractivity contribution in [2.75, 3.05) is 23.1 Å². The average Bonchev–Trinajstić information content (AvgIpc) is 3.02. The van der Waals surface area contributed by atoms with Crippen LogP contribution in [0, 0.1) is 5.92 Å². The molecule has 0 aliphatic heterocycles. The highest BCUT2D eigenvalue weighted by atomic mass is 35.5. The molecule has 0 radical (unpaired) electrons. The summed E-state index contributed by atoms with van der Waals surface area (Å²) in [4.78, 5) is 14.1. The lowest BCUT2D eigenvalue weighted by Crippen LogP contribution is -2.28. The van der Waals surface area contributed by atoms with Crippen molar-refractivity contribution >= 4 is 35.1 Å². The minimum absolute atomic E-state index is 0.398. The Labute approximate surface area is 196 Å². The molecule has 2 aromatic rings. The number of hydrogen-bond acceptors (Lipinski definition) is 7. The Morgan fingerprint density at radius 2 is 1.50 bits per heavy atom. The molecule has 0 saturated heterocycles. The molecule has 1 aromatic carbocycles. The average molecular weight is 459 g/mol. The third-order valence-electron chi connectivity index (χ3n) is 6.50. The highest BCUT2D eigenvalue weighted by Gasteiger charge is 2.21. The summed E-state index contributed by atoms with van der Waals surface area (Å²) in [6, 6.07) is 6.36. The number of ether oxygens (including phenoxy) is 1. The maximum Gasteiger partial charge on any atom is 0.233 e. The first-order valence-electron chi connectivity index (χ1n) is 12.0. The fraction of sp³-hybridized carbons (Fsp3) is 0.625. The zero-order valence-corrected chi connectivity index (χ0v) is 19.9. The number of aromatic nitrogens is 3. The van der Waals surface area contributed by atoms with Gasteiger partial charge >= 0.3 is 0 Å². The van der Waals surface area contributed by atoms with E-state index < -0.39 is 0 Å². The van der Waals surface area contributed by atoms with Gasteiger partial charge in [-0.15, -0.1) is 0 Å². The molecule has 32 heavy (non-hydrogen) atoms. The van der Waals surface area contributed by atoms with Gasteiger partial charge in [0.1, 0.15) is 5.75 Å². The SMILES string of the molecule is COc1ccc(Nc2nc(NC3CCCCCC3)nc(NC3CCCC(C)C3)n2)cc1Cl. The first kappa shape index (κ1) is 22.9. The number of anilines is 4. The van der Waals surface area contributed by atoms with E-state index in [-0.39, 0.29) is 0 Å². The molecule has 3 N–H and O–H groups in total. The molecule has 0 bridgehead atoms. The predicted octanol–water partition coefficient (Wildman–Crippen LogP) is 6.40. The van der Waals surface area contributed by atoms with Gasteiger partial charge in [-0.05, 0) is 49.8 Å². The minimum Gasteiger partial charge on any atom is -0.495 e. The molecular formula is C24H35ClN6O. The van der Waals surface area contributed by atoms with Crippen LogP contribution in [-0.2, 0) is 0 Å². The van der Waals surface area contributed by atoms with Gasteiger partial charge in [0.25, 0.3) is 0 Å². The standard InChI is InChI=1S/C24H35ClN6O/c1-16-8-7-11-18(14-16)27-23-29-22(26-17-9-5-3-4-6-10-17)30-24(31-23)28-19-12-13-21(32-2)20(25)15-19/h12-13,15-18H,3-11,14H2,1-2H3,(H3,26,27,28,29,30,31). The molecule has 4 rings (SSSR count). The van der Waals surface area contributed by atoms with Crippen LogP contribution in [0.2, 0.25) is 5.02 Å². The van der Waals surface area contributed by atoms with Crippen molar-refractivity contribution in [3.63, 3.8) is 0 Å². The van der Waals surface area contributed by atoms with E-state index in [4.69, 9.17) is 21.3 Å². The number of hydrogen-bond donors (Lipinski definition) is 3. The van der Waals surface area contributed by atoms with Crippen LogP contribution in [0.3, 0.4) is 0 Å². The van der Waals surface area contributed by atoms with E-state index in [1.807, 2.05) is 18.2 Å². The summed E-state index contributed by atoms with van der Waals surface area (Å²) in [5.41, 5.74) is 0.805. The zero-order chi connectivity index (χ0) is 22.3. The second kappa shape index (κ2) is 11.0. The lowest BCUT2D eigenvalue weighted by Gasteiger charge is -2.27. The third-order valence-corrected chi connectivity index (χ3v) is 6.80. The van der Waals surface area contributed by atoms with Crippen molar-refractivity contribution in [3.05, 3.63) is 23.2 Å². The summed E-state index contributed by atoms with van der Waals surface area (Å²) >= 11 is 6.30. The van der Waals surface area contributed by atoms with E-state index in [0.29, 0.717) is 40.7 Å². The van der Waals surface area contributed by atoms with Crippen molar-refractivity contribution < 1.29 is 4.74 Å². The molecule has 0 amide bonds. The second-order valence-electron chi connectivity index (χ2n) is 9.23. The fourth-order valence-corrected chi connectivity index (χ4v) is 5.05. The minimum atomic E-state index is 0.398. The quantitative estimate of drug-likeness (QED) is 0.414. The molecule has 2 saturated carbocycles. The topological polar surface area (TPSA) is 84.0 Å². The number of nitrogens with one attached hydrogen (secondary N) is 3. The van der Waals surface area contributed by atoms with E-state index in [9.17, 15) is 0 Å². The van der Waals surface area contributed by atoms with Crippen LogP contribution in [0.15, 0.2) is 18.2 Å². The summed E-state index contributed by atoms with van der Waals surface area (Å²) in [6.07, 6.45) is 12.3. The molecule has 2 unspecified atom stereocenters. The van der Waals surface area contributed by atoms with Crippen molar-refractivity contribution in [2.24, 2.45) is 5.92 Å². The molecule has 174 valence electrons. The number of nitrogens with zero attached hydrogens (tertiary/aromatic N) is 3. The molecule has 0 spiro atoms. The van der Waals surface area contributed by atoms with Crippen molar-refractivity contribution in [3.8, 4) is 5.75 Å². The molecule has 1 heterocycles. The number of methoxy groups -OCH3 is 1. The van der Waals surface area contributed by atoms with Crippen LogP contribution in [0.1, 0.15) is 71.1 Å². The lowest BCUT2D eigenvalue weighted by molar-refractivity contribution is 0.357. The smallest absolute Gasteiger partial charge is 0.233 e. The summed E-state index contributed by atoms with van der Waals surface area (Å²) < 4.78 is 5.26. The maximum atomic E-state index is 6.30. The summed E-state index contributed by atoms with van der Waals surface area (Å²) in [7, 11) is 1.61. The van der Waals surface area contributed by atoms with Gasteiger partial charge in [0, 0.05) is 17.8 Å². The first-order valence-corrected chi connectivity index (χ1v) is 12.4. The van der Waals surface area contributed by atoms with Gasteiger partial charge in [-0.3, -0.25) is 0 Å². The van der Waals surface area contributed by atoms with E-state index in [2.05, 4.69) is 32.8 Å². The maximum absolute atomic E-state index is 6.30. The van der Waals surface area contributed by atoms with Crippen LogP contribution in [0.25, 0.3) is 0 Å². The highest BCUT2D eigenvalue weighted by Crippen LogP contribution is 2.29. The van der Waals surface area contributed by atoms with Gasteiger partial charge in [0.15, 0.2) is 0 Å². The van der Waals surface area contributed by atoms with Gasteiger partial charge in [-0.1, -0.05) is 57.0 Å². The van der Waals surface area contributed by atoms with Crippen molar-refractivity contribution in [2.45, 2.75) is 83.2 Å². The number of halogens is 1. The summed E-state index contributed by atoms with van der Waals surface area (Å²) in [5.74, 6) is 3.12. The van der Waals surface area contributed by atoms with Crippen LogP contribution in [0.4, 0.5) is 23.5 Å². The van der Waals surface area contributed by atoms with Gasteiger partial charge in [-0.25, -0.2) is 0 Å². The van der Waals surface area contributed by atoms with E-state index in [1.165, 1.54) is 38.5 Å². The molecule has 2 atom stereocenters.